The Labute approximate surface area is 146 Å². The fourth-order valence-corrected chi connectivity index (χ4v) is 4.50. The average molecular weight is 342 g/mol. The highest BCUT2D eigenvalue weighted by Crippen LogP contribution is 2.31. The first-order chi connectivity index (χ1) is 11.7. The highest BCUT2D eigenvalue weighted by molar-refractivity contribution is 7.09. The molecule has 24 heavy (non-hydrogen) atoms. The second-order valence-electron chi connectivity index (χ2n) is 6.72. The van der Waals surface area contributed by atoms with Gasteiger partial charge < -0.3 is 9.64 Å². The molecule has 126 valence electrons. The van der Waals surface area contributed by atoms with Crippen LogP contribution in [0.2, 0.25) is 0 Å². The van der Waals surface area contributed by atoms with Crippen molar-refractivity contribution in [3.63, 3.8) is 0 Å². The van der Waals surface area contributed by atoms with Crippen LogP contribution >= 0.6 is 11.3 Å². The molecule has 2 aliphatic rings. The smallest absolute Gasteiger partial charge is 0.223 e. The summed E-state index contributed by atoms with van der Waals surface area (Å²) in [5, 5.41) is 3.09. The molecule has 0 N–H and O–H groups in total. The number of hydrogen-bond acceptors (Lipinski definition) is 4. The number of nitrogens with zero attached hydrogens (tertiary/aromatic N) is 2. The topological polar surface area (TPSA) is 42.4 Å². The van der Waals surface area contributed by atoms with Crippen molar-refractivity contribution in [2.24, 2.45) is 5.92 Å². The molecule has 5 heteroatoms. The Hall–Kier alpha value is -1.72. The van der Waals surface area contributed by atoms with E-state index in [9.17, 15) is 4.79 Å². The molecule has 1 aromatic carbocycles. The Morgan fingerprint density at radius 1 is 1.33 bits per heavy atom. The molecule has 1 fully saturated rings. The first-order valence-electron chi connectivity index (χ1n) is 8.56. The van der Waals surface area contributed by atoms with Crippen LogP contribution in [0.3, 0.4) is 0 Å². The van der Waals surface area contributed by atoms with Crippen molar-refractivity contribution in [2.75, 3.05) is 19.8 Å². The lowest BCUT2D eigenvalue weighted by Crippen LogP contribution is -2.44. The van der Waals surface area contributed by atoms with Gasteiger partial charge in [0, 0.05) is 18.3 Å². The van der Waals surface area contributed by atoms with Crippen molar-refractivity contribution in [3.8, 4) is 0 Å². The number of benzene rings is 1. The highest BCUT2D eigenvalue weighted by atomic mass is 32.1. The SMILES string of the molecule is Cc1nc(C2COCCN2C(=O)CC2Cc3ccccc3C2)cs1. The Morgan fingerprint density at radius 2 is 2.08 bits per heavy atom. The third-order valence-corrected chi connectivity index (χ3v) is 5.82. The molecule has 1 amide bonds. The van der Waals surface area contributed by atoms with E-state index >= 15 is 0 Å². The summed E-state index contributed by atoms with van der Waals surface area (Å²) in [6.45, 7) is 3.84. The first kappa shape index (κ1) is 15.8. The van der Waals surface area contributed by atoms with E-state index in [0.717, 1.165) is 23.5 Å². The van der Waals surface area contributed by atoms with Crippen LogP contribution in [-0.4, -0.2) is 35.5 Å². The van der Waals surface area contributed by atoms with E-state index < -0.39 is 0 Å². The monoisotopic (exact) mass is 342 g/mol. The molecule has 0 spiro atoms. The summed E-state index contributed by atoms with van der Waals surface area (Å²) >= 11 is 1.63. The van der Waals surface area contributed by atoms with E-state index in [1.165, 1.54) is 11.1 Å². The molecular formula is C19H22N2O2S. The van der Waals surface area contributed by atoms with Gasteiger partial charge in [-0.1, -0.05) is 24.3 Å². The molecule has 1 aliphatic carbocycles. The minimum absolute atomic E-state index is 0.0278. The molecule has 1 aromatic heterocycles. The minimum Gasteiger partial charge on any atom is -0.377 e. The normalized spacial score (nSPS) is 21.0. The second-order valence-corrected chi connectivity index (χ2v) is 7.78. The van der Waals surface area contributed by atoms with Gasteiger partial charge in [-0.25, -0.2) is 4.98 Å². The van der Waals surface area contributed by atoms with Gasteiger partial charge in [0.2, 0.25) is 5.91 Å². The average Bonchev–Trinajstić information content (AvgIpc) is 3.20. The van der Waals surface area contributed by atoms with Gasteiger partial charge in [-0.15, -0.1) is 11.3 Å². The van der Waals surface area contributed by atoms with Gasteiger partial charge in [0.15, 0.2) is 0 Å². The van der Waals surface area contributed by atoms with Crippen LogP contribution in [0.4, 0.5) is 0 Å². The van der Waals surface area contributed by atoms with Crippen molar-refractivity contribution in [1.29, 1.82) is 0 Å². The molecule has 1 unspecified atom stereocenters. The van der Waals surface area contributed by atoms with E-state index in [4.69, 9.17) is 4.74 Å². The lowest BCUT2D eigenvalue weighted by Gasteiger charge is -2.35. The fraction of sp³-hybridized carbons (Fsp3) is 0.474. The maximum Gasteiger partial charge on any atom is 0.223 e. The van der Waals surface area contributed by atoms with E-state index in [-0.39, 0.29) is 11.9 Å². The van der Waals surface area contributed by atoms with Crippen LogP contribution in [0.5, 0.6) is 0 Å². The number of ether oxygens (including phenoxy) is 1. The van der Waals surface area contributed by atoms with Crippen LogP contribution < -0.4 is 0 Å². The summed E-state index contributed by atoms with van der Waals surface area (Å²) in [6, 6.07) is 8.53. The summed E-state index contributed by atoms with van der Waals surface area (Å²) in [6.07, 6.45) is 2.66. The number of fused-ring (bicyclic) bond motifs is 1. The largest absolute Gasteiger partial charge is 0.377 e. The van der Waals surface area contributed by atoms with Crippen molar-refractivity contribution in [1.82, 2.24) is 9.88 Å². The Morgan fingerprint density at radius 3 is 2.75 bits per heavy atom. The quantitative estimate of drug-likeness (QED) is 0.860. The van der Waals surface area contributed by atoms with Gasteiger partial charge in [0.1, 0.15) is 0 Å². The number of carbonyl (C=O) groups is 1. The number of carbonyl (C=O) groups excluding carboxylic acids is 1. The lowest BCUT2D eigenvalue weighted by molar-refractivity contribution is -0.141. The molecule has 0 radical (unpaired) electrons. The van der Waals surface area contributed by atoms with Crippen LogP contribution in [0, 0.1) is 12.8 Å². The molecule has 2 heterocycles. The molecule has 4 nitrogen and oxygen atoms in total. The number of thiazole rings is 1. The standard InChI is InChI=1S/C19H22N2O2S/c1-13-20-17(12-24-13)18-11-23-7-6-21(18)19(22)10-14-8-15-4-2-3-5-16(15)9-14/h2-5,12,14,18H,6-11H2,1H3. The summed E-state index contributed by atoms with van der Waals surface area (Å²) in [5.41, 5.74) is 3.79. The second kappa shape index (κ2) is 6.65. The Balaban J connectivity index is 1.45. The number of hydrogen-bond donors (Lipinski definition) is 0. The number of aryl methyl sites for hydroxylation is 1. The number of aromatic nitrogens is 1. The zero-order valence-electron chi connectivity index (χ0n) is 13.9. The number of amides is 1. The van der Waals surface area contributed by atoms with Gasteiger partial charge in [-0.05, 0) is 36.8 Å². The highest BCUT2D eigenvalue weighted by Gasteiger charge is 2.32. The van der Waals surface area contributed by atoms with Crippen molar-refractivity contribution in [3.05, 3.63) is 51.5 Å². The zero-order valence-corrected chi connectivity index (χ0v) is 14.7. The van der Waals surface area contributed by atoms with E-state index in [0.29, 0.717) is 32.1 Å². The van der Waals surface area contributed by atoms with Crippen molar-refractivity contribution in [2.45, 2.75) is 32.2 Å². The molecule has 4 rings (SSSR count). The van der Waals surface area contributed by atoms with E-state index in [1.54, 1.807) is 11.3 Å². The van der Waals surface area contributed by atoms with Gasteiger partial charge in [-0.3, -0.25) is 4.79 Å². The lowest BCUT2D eigenvalue weighted by atomic mass is 10.0. The molecular weight excluding hydrogens is 320 g/mol. The van der Waals surface area contributed by atoms with E-state index in [2.05, 4.69) is 34.6 Å². The zero-order chi connectivity index (χ0) is 16.5. The van der Waals surface area contributed by atoms with Crippen LogP contribution in [-0.2, 0) is 22.4 Å². The molecule has 1 saturated heterocycles. The minimum atomic E-state index is -0.0278. The third kappa shape index (κ3) is 3.10. The summed E-state index contributed by atoms with van der Waals surface area (Å²) in [4.78, 5) is 19.5. The van der Waals surface area contributed by atoms with Crippen LogP contribution in [0.25, 0.3) is 0 Å². The van der Waals surface area contributed by atoms with Crippen LogP contribution in [0.15, 0.2) is 29.6 Å². The number of morpholine rings is 1. The van der Waals surface area contributed by atoms with Crippen molar-refractivity contribution >= 4 is 17.2 Å². The summed E-state index contributed by atoms with van der Waals surface area (Å²) in [5.74, 6) is 0.669. The Kier molecular flexibility index (Phi) is 4.37. The van der Waals surface area contributed by atoms with Gasteiger partial charge >= 0.3 is 0 Å². The predicted octanol–water partition coefficient (Wildman–Crippen LogP) is 3.16. The molecule has 2 aromatic rings. The fourth-order valence-electron chi connectivity index (χ4n) is 3.84. The van der Waals surface area contributed by atoms with E-state index in [1.807, 2.05) is 11.8 Å². The summed E-state index contributed by atoms with van der Waals surface area (Å²) < 4.78 is 5.62. The molecule has 0 saturated carbocycles. The molecule has 1 atom stereocenters. The summed E-state index contributed by atoms with van der Waals surface area (Å²) in [7, 11) is 0. The molecule has 1 aliphatic heterocycles. The van der Waals surface area contributed by atoms with Gasteiger partial charge in [-0.2, -0.15) is 0 Å². The predicted molar refractivity (Wildman–Crippen MR) is 94.1 cm³/mol. The van der Waals surface area contributed by atoms with Crippen molar-refractivity contribution < 1.29 is 9.53 Å². The maximum absolute atomic E-state index is 12.9. The maximum atomic E-state index is 12.9. The molecule has 0 bridgehead atoms. The third-order valence-electron chi connectivity index (χ3n) is 5.03. The number of rotatable bonds is 3. The first-order valence-corrected chi connectivity index (χ1v) is 9.44. The van der Waals surface area contributed by atoms with Gasteiger partial charge in [0.25, 0.3) is 0 Å². The Bertz CT molecular complexity index is 717. The van der Waals surface area contributed by atoms with Gasteiger partial charge in [0.05, 0.1) is 30.0 Å². The van der Waals surface area contributed by atoms with Crippen LogP contribution in [0.1, 0.15) is 34.3 Å².